The van der Waals surface area contributed by atoms with Gasteiger partial charge in [0.2, 0.25) is 0 Å². The molecule has 6 heteroatoms. The molecule has 0 spiro atoms. The molecule has 78 valence electrons. The van der Waals surface area contributed by atoms with Crippen LogP contribution < -0.4 is 0 Å². The maximum Gasteiger partial charge on any atom is 0.349 e. The Balaban J connectivity index is 2.36. The first-order valence-electron chi connectivity index (χ1n) is 3.98. The molecule has 2 heterocycles. The Morgan fingerprint density at radius 2 is 2.33 bits per heavy atom. The molecule has 2 rings (SSSR count). The van der Waals surface area contributed by atoms with Gasteiger partial charge in [-0.15, -0.1) is 11.3 Å². The highest BCUT2D eigenvalue weighted by Gasteiger charge is 2.13. The average molecular weight is 304 g/mol. The first-order chi connectivity index (χ1) is 7.22. The molecule has 2 aromatic heterocycles. The molecule has 2 aromatic rings. The first kappa shape index (κ1) is 10.8. The van der Waals surface area contributed by atoms with Gasteiger partial charge in [0.15, 0.2) is 0 Å². The smallest absolute Gasteiger partial charge is 0.349 e. The molecule has 0 aliphatic rings. The predicted molar refractivity (Wildman–Crippen MR) is 64.5 cm³/mol. The third-order valence-corrected chi connectivity index (χ3v) is 4.45. The highest BCUT2D eigenvalue weighted by Crippen LogP contribution is 2.34. The molecule has 0 fully saturated rings. The summed E-state index contributed by atoms with van der Waals surface area (Å²) in [6, 6.07) is 0. The van der Waals surface area contributed by atoms with Crippen LogP contribution in [0, 0.1) is 0 Å². The van der Waals surface area contributed by atoms with Crippen molar-refractivity contribution in [2.45, 2.75) is 0 Å². The van der Waals surface area contributed by atoms with Gasteiger partial charge in [-0.1, -0.05) is 0 Å². The third-order valence-electron chi connectivity index (χ3n) is 1.74. The number of hydrogen-bond acceptors (Lipinski definition) is 5. The predicted octanol–water partition coefficient (Wildman–Crippen LogP) is 3.42. The van der Waals surface area contributed by atoms with Crippen molar-refractivity contribution in [2.24, 2.45) is 0 Å². The summed E-state index contributed by atoms with van der Waals surface area (Å²) in [6.45, 7) is 0. The van der Waals surface area contributed by atoms with E-state index in [2.05, 4.69) is 25.7 Å². The fourth-order valence-corrected chi connectivity index (χ4v) is 3.56. The van der Waals surface area contributed by atoms with Crippen molar-refractivity contribution in [3.63, 3.8) is 0 Å². The summed E-state index contributed by atoms with van der Waals surface area (Å²) in [6.07, 6.45) is 1.54. The molecule has 0 N–H and O–H groups in total. The van der Waals surface area contributed by atoms with E-state index in [1.807, 2.05) is 10.8 Å². The molecule has 0 saturated carbocycles. The minimum absolute atomic E-state index is 0.342. The van der Waals surface area contributed by atoms with Crippen LogP contribution in [0.1, 0.15) is 9.67 Å². The highest BCUT2D eigenvalue weighted by molar-refractivity contribution is 9.10. The van der Waals surface area contributed by atoms with Gasteiger partial charge in [-0.2, -0.15) is 11.3 Å². The summed E-state index contributed by atoms with van der Waals surface area (Å²) in [5, 5.41) is 4.79. The van der Waals surface area contributed by atoms with Gasteiger partial charge in [0.05, 0.1) is 13.3 Å². The van der Waals surface area contributed by atoms with Crippen molar-refractivity contribution < 1.29 is 9.53 Å². The summed E-state index contributed by atoms with van der Waals surface area (Å²) >= 11 is 6.34. The molecule has 0 radical (unpaired) electrons. The fraction of sp³-hybridized carbons (Fsp3) is 0.111. The van der Waals surface area contributed by atoms with E-state index >= 15 is 0 Å². The Morgan fingerprint density at radius 1 is 1.53 bits per heavy atom. The van der Waals surface area contributed by atoms with Crippen LogP contribution in [0.5, 0.6) is 0 Å². The standard InChI is InChI=1S/C9H6BrNO2S2/c1-13-9(12)7-2-11-8(15-7)5-3-14-4-6(5)10/h2-4H,1H3. The number of aromatic nitrogens is 1. The number of nitrogens with zero attached hydrogens (tertiary/aromatic N) is 1. The topological polar surface area (TPSA) is 39.2 Å². The van der Waals surface area contributed by atoms with Crippen molar-refractivity contribution in [1.82, 2.24) is 4.98 Å². The number of rotatable bonds is 2. The van der Waals surface area contributed by atoms with Crippen molar-refractivity contribution in [2.75, 3.05) is 7.11 Å². The van der Waals surface area contributed by atoms with Crippen LogP contribution in [0.15, 0.2) is 21.4 Å². The molecule has 0 aromatic carbocycles. The summed E-state index contributed by atoms with van der Waals surface area (Å²) in [4.78, 5) is 15.9. The summed E-state index contributed by atoms with van der Waals surface area (Å²) in [5.41, 5.74) is 1.01. The number of esters is 1. The Morgan fingerprint density at radius 3 is 2.93 bits per heavy atom. The van der Waals surface area contributed by atoms with E-state index in [0.29, 0.717) is 4.88 Å². The number of carbonyl (C=O) groups excluding carboxylic acids is 1. The van der Waals surface area contributed by atoms with Crippen LogP contribution >= 0.6 is 38.6 Å². The number of thiophene rings is 1. The minimum atomic E-state index is -0.342. The van der Waals surface area contributed by atoms with E-state index in [0.717, 1.165) is 15.0 Å². The van der Waals surface area contributed by atoms with Gasteiger partial charge in [-0.25, -0.2) is 9.78 Å². The van der Waals surface area contributed by atoms with Gasteiger partial charge in [-0.3, -0.25) is 0 Å². The highest BCUT2D eigenvalue weighted by atomic mass is 79.9. The van der Waals surface area contributed by atoms with E-state index < -0.39 is 0 Å². The molecule has 0 aliphatic carbocycles. The number of carbonyl (C=O) groups is 1. The average Bonchev–Trinajstić information content (AvgIpc) is 2.84. The minimum Gasteiger partial charge on any atom is -0.465 e. The summed E-state index contributed by atoms with van der Waals surface area (Å²) < 4.78 is 5.62. The molecular formula is C9H6BrNO2S2. The Bertz CT molecular complexity index is 492. The molecule has 15 heavy (non-hydrogen) atoms. The van der Waals surface area contributed by atoms with Gasteiger partial charge in [0.25, 0.3) is 0 Å². The molecular weight excluding hydrogens is 298 g/mol. The van der Waals surface area contributed by atoms with Crippen molar-refractivity contribution >= 4 is 44.6 Å². The second kappa shape index (κ2) is 4.42. The zero-order chi connectivity index (χ0) is 10.8. The SMILES string of the molecule is COC(=O)c1cnc(-c2cscc2Br)s1. The molecule has 0 atom stereocenters. The maximum atomic E-state index is 11.2. The number of halogens is 1. The van der Waals surface area contributed by atoms with Crippen LogP contribution in [-0.2, 0) is 4.74 Å². The van der Waals surface area contributed by atoms with Crippen LogP contribution in [0.3, 0.4) is 0 Å². The monoisotopic (exact) mass is 303 g/mol. The normalized spacial score (nSPS) is 10.3. The van der Waals surface area contributed by atoms with Gasteiger partial charge in [0, 0.05) is 20.8 Å². The molecule has 0 saturated heterocycles. The maximum absolute atomic E-state index is 11.2. The Hall–Kier alpha value is -0.720. The lowest BCUT2D eigenvalue weighted by Gasteiger charge is -1.92. The molecule has 0 aliphatic heterocycles. The summed E-state index contributed by atoms with van der Waals surface area (Å²) in [7, 11) is 1.36. The second-order valence-corrected chi connectivity index (χ2v) is 5.28. The zero-order valence-corrected chi connectivity index (χ0v) is 10.9. The van der Waals surface area contributed by atoms with Crippen LogP contribution in [0.4, 0.5) is 0 Å². The van der Waals surface area contributed by atoms with Gasteiger partial charge < -0.3 is 4.74 Å². The zero-order valence-electron chi connectivity index (χ0n) is 7.69. The van der Waals surface area contributed by atoms with Crippen LogP contribution in [0.2, 0.25) is 0 Å². The van der Waals surface area contributed by atoms with E-state index in [1.54, 1.807) is 11.3 Å². The van der Waals surface area contributed by atoms with Crippen molar-refractivity contribution in [3.8, 4) is 10.6 Å². The lowest BCUT2D eigenvalue weighted by Crippen LogP contribution is -1.96. The third kappa shape index (κ3) is 2.11. The lowest BCUT2D eigenvalue weighted by atomic mass is 10.4. The van der Waals surface area contributed by atoms with Crippen LogP contribution in [0.25, 0.3) is 10.6 Å². The molecule has 0 amide bonds. The molecule has 0 unspecified atom stereocenters. The quantitative estimate of drug-likeness (QED) is 0.798. The first-order valence-corrected chi connectivity index (χ1v) is 6.54. The summed E-state index contributed by atoms with van der Waals surface area (Å²) in [5.74, 6) is -0.342. The van der Waals surface area contributed by atoms with Crippen molar-refractivity contribution in [3.05, 3.63) is 26.3 Å². The Kier molecular flexibility index (Phi) is 3.18. The van der Waals surface area contributed by atoms with Crippen LogP contribution in [-0.4, -0.2) is 18.1 Å². The molecule has 0 bridgehead atoms. The van der Waals surface area contributed by atoms with E-state index in [1.165, 1.54) is 24.6 Å². The van der Waals surface area contributed by atoms with E-state index in [-0.39, 0.29) is 5.97 Å². The number of ether oxygens (including phenoxy) is 1. The lowest BCUT2D eigenvalue weighted by molar-refractivity contribution is 0.0606. The number of hydrogen-bond donors (Lipinski definition) is 0. The Labute approximate surface area is 103 Å². The van der Waals surface area contributed by atoms with Gasteiger partial charge in [0.1, 0.15) is 9.88 Å². The second-order valence-electron chi connectivity index (χ2n) is 2.65. The van der Waals surface area contributed by atoms with Gasteiger partial charge in [-0.05, 0) is 15.9 Å². The molecule has 3 nitrogen and oxygen atoms in total. The van der Waals surface area contributed by atoms with Gasteiger partial charge >= 0.3 is 5.97 Å². The largest absolute Gasteiger partial charge is 0.465 e. The van der Waals surface area contributed by atoms with E-state index in [9.17, 15) is 4.79 Å². The fourth-order valence-electron chi connectivity index (χ4n) is 1.03. The number of thiazole rings is 1. The number of methoxy groups -OCH3 is 1. The van der Waals surface area contributed by atoms with Crippen molar-refractivity contribution in [1.29, 1.82) is 0 Å². The van der Waals surface area contributed by atoms with E-state index in [4.69, 9.17) is 0 Å².